The van der Waals surface area contributed by atoms with Crippen molar-refractivity contribution in [2.45, 2.75) is 58.0 Å². The topological polar surface area (TPSA) is 80.0 Å². The van der Waals surface area contributed by atoms with E-state index in [4.69, 9.17) is 4.74 Å². The van der Waals surface area contributed by atoms with Crippen LogP contribution in [0.25, 0.3) is 5.65 Å². The van der Waals surface area contributed by atoms with Crippen LogP contribution in [0, 0.1) is 12.8 Å². The van der Waals surface area contributed by atoms with Crippen LogP contribution in [0.5, 0.6) is 0 Å². The Balaban J connectivity index is 1.33. The van der Waals surface area contributed by atoms with E-state index in [1.54, 1.807) is 0 Å². The van der Waals surface area contributed by atoms with Gasteiger partial charge in [-0.15, -0.1) is 0 Å². The number of rotatable bonds is 6. The Morgan fingerprint density at radius 2 is 2.17 bits per heavy atom. The Morgan fingerprint density at radius 3 is 3.00 bits per heavy atom. The summed E-state index contributed by atoms with van der Waals surface area (Å²) in [7, 11) is 0. The molecular formula is C22H29N5O3. The molecule has 3 aliphatic rings. The van der Waals surface area contributed by atoms with Gasteiger partial charge >= 0.3 is 0 Å². The van der Waals surface area contributed by atoms with Gasteiger partial charge in [0.15, 0.2) is 5.65 Å². The van der Waals surface area contributed by atoms with Crippen LogP contribution in [-0.4, -0.2) is 68.6 Å². The van der Waals surface area contributed by atoms with Gasteiger partial charge in [-0.3, -0.25) is 9.59 Å². The molecule has 3 atom stereocenters. The fraction of sp³-hybridized carbons (Fsp3) is 0.636. The van der Waals surface area contributed by atoms with E-state index in [1.807, 2.05) is 35.5 Å². The molecule has 2 aromatic rings. The van der Waals surface area contributed by atoms with Gasteiger partial charge in [0, 0.05) is 63.0 Å². The third-order valence-electron chi connectivity index (χ3n) is 6.77. The minimum atomic E-state index is -0.238. The number of aromatic nitrogens is 3. The summed E-state index contributed by atoms with van der Waals surface area (Å²) in [5, 5.41) is 4.62. The Kier molecular flexibility index (Phi) is 4.97. The van der Waals surface area contributed by atoms with Gasteiger partial charge < -0.3 is 14.5 Å². The second kappa shape index (κ2) is 7.65. The molecule has 2 aromatic heterocycles. The van der Waals surface area contributed by atoms with Gasteiger partial charge in [0.05, 0.1) is 23.3 Å². The van der Waals surface area contributed by atoms with Crippen LogP contribution in [0.2, 0.25) is 0 Å². The average molecular weight is 412 g/mol. The molecule has 0 aromatic carbocycles. The van der Waals surface area contributed by atoms with Crippen molar-refractivity contribution in [3.63, 3.8) is 0 Å². The maximum atomic E-state index is 13.5. The van der Waals surface area contributed by atoms with Crippen LogP contribution in [-0.2, 0) is 20.7 Å². The SMILES string of the molecule is CCOCCCN1C[C@H](C(=O)N2[C@@H]3CC[C@@H]2c2cnc4cc(C)nn4c2C3)CC1=O. The summed E-state index contributed by atoms with van der Waals surface area (Å²) < 4.78 is 7.33. The fourth-order valence-corrected chi connectivity index (χ4v) is 5.40. The van der Waals surface area contributed by atoms with Crippen molar-refractivity contribution in [1.29, 1.82) is 0 Å². The van der Waals surface area contributed by atoms with Crippen molar-refractivity contribution in [3.05, 3.63) is 29.2 Å². The Labute approximate surface area is 176 Å². The van der Waals surface area contributed by atoms with Gasteiger partial charge in [0.1, 0.15) is 0 Å². The van der Waals surface area contributed by atoms with Crippen LogP contribution >= 0.6 is 0 Å². The molecule has 8 nitrogen and oxygen atoms in total. The third kappa shape index (κ3) is 3.17. The van der Waals surface area contributed by atoms with Gasteiger partial charge in [-0.05, 0) is 33.1 Å². The summed E-state index contributed by atoms with van der Waals surface area (Å²) in [6.07, 6.45) is 5.81. The van der Waals surface area contributed by atoms with Gasteiger partial charge in [-0.1, -0.05) is 0 Å². The lowest BCUT2D eigenvalue weighted by Gasteiger charge is -2.37. The van der Waals surface area contributed by atoms with Crippen LogP contribution < -0.4 is 0 Å². The minimum absolute atomic E-state index is 0.0507. The van der Waals surface area contributed by atoms with E-state index in [9.17, 15) is 9.59 Å². The van der Waals surface area contributed by atoms with Crippen LogP contribution in [0.1, 0.15) is 55.6 Å². The second-order valence-electron chi connectivity index (χ2n) is 8.70. The number of likely N-dealkylation sites (tertiary alicyclic amines) is 1. The first-order valence-corrected chi connectivity index (χ1v) is 11.1. The van der Waals surface area contributed by atoms with Crippen molar-refractivity contribution in [3.8, 4) is 0 Å². The molecule has 3 aliphatic heterocycles. The van der Waals surface area contributed by atoms with E-state index in [0.29, 0.717) is 32.7 Å². The summed E-state index contributed by atoms with van der Waals surface area (Å²) in [6.45, 7) is 6.48. The highest BCUT2D eigenvalue weighted by molar-refractivity contribution is 5.90. The maximum Gasteiger partial charge on any atom is 0.228 e. The number of nitrogens with zero attached hydrogens (tertiary/aromatic N) is 5. The van der Waals surface area contributed by atoms with Gasteiger partial charge in [-0.25, -0.2) is 9.50 Å². The average Bonchev–Trinajstić information content (AvgIpc) is 3.39. The highest BCUT2D eigenvalue weighted by Crippen LogP contribution is 2.44. The van der Waals surface area contributed by atoms with Crippen LogP contribution in [0.3, 0.4) is 0 Å². The summed E-state index contributed by atoms with van der Waals surface area (Å²) in [5.41, 5.74) is 4.13. The molecule has 5 rings (SSSR count). The Hall–Kier alpha value is -2.48. The first-order valence-electron chi connectivity index (χ1n) is 11.1. The molecule has 5 heterocycles. The number of amides is 2. The second-order valence-corrected chi connectivity index (χ2v) is 8.70. The molecule has 2 saturated heterocycles. The number of carbonyl (C=O) groups is 2. The minimum Gasteiger partial charge on any atom is -0.382 e. The third-order valence-corrected chi connectivity index (χ3v) is 6.77. The molecule has 0 spiro atoms. The van der Waals surface area contributed by atoms with E-state index in [0.717, 1.165) is 42.6 Å². The zero-order chi connectivity index (χ0) is 20.8. The number of fused-ring (bicyclic) bond motifs is 6. The highest BCUT2D eigenvalue weighted by Gasteiger charge is 2.47. The molecule has 30 heavy (non-hydrogen) atoms. The summed E-state index contributed by atoms with van der Waals surface area (Å²) in [6, 6.07) is 2.23. The number of carbonyl (C=O) groups excluding carboxylic acids is 2. The van der Waals surface area contributed by atoms with E-state index < -0.39 is 0 Å². The standard InChI is InChI=1S/C22H29N5O3/c1-3-30-8-4-7-25-13-15(10-21(25)28)22(29)26-16-5-6-18(26)17-12-23-20-9-14(2)24-27(20)19(17)11-16/h9,12,15-16,18H,3-8,10-11,13H2,1-2H3/t15-,16-,18-/m1/s1. The molecule has 2 fully saturated rings. The normalized spacial score (nSPS) is 25.4. The first-order chi connectivity index (χ1) is 14.6. The predicted octanol–water partition coefficient (Wildman–Crippen LogP) is 1.90. The van der Waals surface area contributed by atoms with E-state index >= 15 is 0 Å². The molecule has 160 valence electrons. The van der Waals surface area contributed by atoms with E-state index in [2.05, 4.69) is 15.0 Å². The lowest BCUT2D eigenvalue weighted by Crippen LogP contribution is -2.46. The molecule has 0 unspecified atom stereocenters. The van der Waals surface area contributed by atoms with Crippen molar-refractivity contribution in [2.75, 3.05) is 26.3 Å². The molecule has 2 amide bonds. The fourth-order valence-electron chi connectivity index (χ4n) is 5.40. The maximum absolute atomic E-state index is 13.5. The summed E-state index contributed by atoms with van der Waals surface area (Å²) in [5.74, 6) is -0.0200. The summed E-state index contributed by atoms with van der Waals surface area (Å²) >= 11 is 0. The lowest BCUT2D eigenvalue weighted by atomic mass is 9.96. The van der Waals surface area contributed by atoms with Gasteiger partial charge in [0.25, 0.3) is 0 Å². The number of aryl methyl sites for hydroxylation is 1. The number of hydrogen-bond acceptors (Lipinski definition) is 5. The molecule has 8 heteroatoms. The van der Waals surface area contributed by atoms with Crippen molar-refractivity contribution < 1.29 is 14.3 Å². The van der Waals surface area contributed by atoms with Crippen LogP contribution in [0.4, 0.5) is 0 Å². The van der Waals surface area contributed by atoms with E-state index in [1.165, 1.54) is 5.69 Å². The van der Waals surface area contributed by atoms with Crippen molar-refractivity contribution in [2.24, 2.45) is 5.92 Å². The Morgan fingerprint density at radius 1 is 1.30 bits per heavy atom. The van der Waals surface area contributed by atoms with Gasteiger partial charge in [0.2, 0.25) is 11.8 Å². The zero-order valence-electron chi connectivity index (χ0n) is 17.7. The molecule has 2 bridgehead atoms. The molecular weight excluding hydrogens is 382 g/mol. The van der Waals surface area contributed by atoms with Crippen LogP contribution in [0.15, 0.2) is 12.3 Å². The zero-order valence-corrected chi connectivity index (χ0v) is 17.7. The predicted molar refractivity (Wildman–Crippen MR) is 110 cm³/mol. The van der Waals surface area contributed by atoms with Crippen molar-refractivity contribution >= 4 is 17.5 Å². The van der Waals surface area contributed by atoms with Crippen molar-refractivity contribution in [1.82, 2.24) is 24.4 Å². The molecule has 0 saturated carbocycles. The molecule has 0 N–H and O–H groups in total. The monoisotopic (exact) mass is 411 g/mol. The molecule has 0 aliphatic carbocycles. The lowest BCUT2D eigenvalue weighted by molar-refractivity contribution is -0.139. The number of ether oxygens (including phenoxy) is 1. The quantitative estimate of drug-likeness (QED) is 0.679. The Bertz CT molecular complexity index is 987. The smallest absolute Gasteiger partial charge is 0.228 e. The van der Waals surface area contributed by atoms with Gasteiger partial charge in [-0.2, -0.15) is 5.10 Å². The van der Waals surface area contributed by atoms with E-state index in [-0.39, 0.29) is 29.8 Å². The largest absolute Gasteiger partial charge is 0.382 e. The highest BCUT2D eigenvalue weighted by atomic mass is 16.5. The summed E-state index contributed by atoms with van der Waals surface area (Å²) in [4.78, 5) is 34.4. The molecule has 0 radical (unpaired) electrons. The first kappa shape index (κ1) is 19.5. The number of hydrogen-bond donors (Lipinski definition) is 0.